The number of anilines is 1. The van der Waals surface area contributed by atoms with E-state index in [0.29, 0.717) is 11.1 Å². The minimum absolute atomic E-state index is 0.383. The number of benzene rings is 1. The number of nitrogens with two attached hydrogens (primary N) is 1. The second-order valence-corrected chi connectivity index (χ2v) is 5.48. The fraction of sp³-hybridized carbons (Fsp3) is 0.500. The van der Waals surface area contributed by atoms with Gasteiger partial charge in [0.25, 0.3) is 0 Å². The molecule has 1 saturated heterocycles. The Morgan fingerprint density at radius 2 is 2.31 bits per heavy atom. The van der Waals surface area contributed by atoms with Crippen LogP contribution in [0.4, 0.5) is 5.69 Å². The van der Waals surface area contributed by atoms with Crippen LogP contribution < -0.4 is 5.73 Å². The molecule has 2 rings (SSSR count). The van der Waals surface area contributed by atoms with Crippen LogP contribution in [0, 0.1) is 0 Å². The zero-order valence-corrected chi connectivity index (χ0v) is 10.7. The Bertz CT molecular complexity index is 353. The summed E-state index contributed by atoms with van der Waals surface area (Å²) < 4.78 is 5.68. The minimum Gasteiger partial charge on any atom is -0.398 e. The summed E-state index contributed by atoms with van der Waals surface area (Å²) in [5, 5.41) is 0.691. The highest BCUT2D eigenvalue weighted by atomic mass is 35.5. The first-order valence-corrected chi connectivity index (χ1v) is 6.91. The first kappa shape index (κ1) is 12.1. The van der Waals surface area contributed by atoms with E-state index in [1.165, 1.54) is 19.3 Å². The highest BCUT2D eigenvalue weighted by Crippen LogP contribution is 2.29. The van der Waals surface area contributed by atoms with Crippen LogP contribution in [0.1, 0.15) is 19.3 Å². The Labute approximate surface area is 105 Å². The second kappa shape index (κ2) is 5.80. The molecular weight excluding hydrogens is 242 g/mol. The van der Waals surface area contributed by atoms with Gasteiger partial charge in [-0.05, 0) is 37.5 Å². The maximum Gasteiger partial charge on any atom is 0.0669 e. The molecule has 0 bridgehead atoms. The molecule has 2 nitrogen and oxygen atoms in total. The van der Waals surface area contributed by atoms with E-state index in [9.17, 15) is 0 Å². The number of halogens is 1. The van der Waals surface area contributed by atoms with Crippen molar-refractivity contribution in [3.8, 4) is 0 Å². The molecule has 1 aliphatic rings. The van der Waals surface area contributed by atoms with Gasteiger partial charge in [0, 0.05) is 28.0 Å². The molecule has 1 aromatic rings. The van der Waals surface area contributed by atoms with Gasteiger partial charge in [0.1, 0.15) is 0 Å². The van der Waals surface area contributed by atoms with Gasteiger partial charge in [-0.15, -0.1) is 11.8 Å². The third kappa shape index (κ3) is 3.30. The highest BCUT2D eigenvalue weighted by molar-refractivity contribution is 7.99. The lowest BCUT2D eigenvalue weighted by molar-refractivity contribution is 0.0315. The lowest BCUT2D eigenvalue weighted by Crippen LogP contribution is -2.21. The van der Waals surface area contributed by atoms with E-state index in [4.69, 9.17) is 22.1 Å². The van der Waals surface area contributed by atoms with Gasteiger partial charge >= 0.3 is 0 Å². The van der Waals surface area contributed by atoms with Crippen molar-refractivity contribution in [2.24, 2.45) is 0 Å². The topological polar surface area (TPSA) is 35.2 Å². The van der Waals surface area contributed by atoms with E-state index < -0.39 is 0 Å². The summed E-state index contributed by atoms with van der Waals surface area (Å²) in [6, 6.07) is 5.65. The highest BCUT2D eigenvalue weighted by Gasteiger charge is 2.14. The molecule has 1 unspecified atom stereocenters. The summed E-state index contributed by atoms with van der Waals surface area (Å²) in [5.74, 6) is 0.978. The molecule has 1 atom stereocenters. The molecular formula is C12H16ClNOS. The number of rotatable bonds is 3. The number of hydrogen-bond acceptors (Lipinski definition) is 3. The normalized spacial score (nSPS) is 20.9. The maximum atomic E-state index is 5.89. The van der Waals surface area contributed by atoms with Crippen LogP contribution >= 0.6 is 23.4 Å². The molecule has 0 aliphatic carbocycles. The molecule has 1 heterocycles. The van der Waals surface area contributed by atoms with Crippen molar-refractivity contribution >= 4 is 29.1 Å². The third-order valence-corrected chi connectivity index (χ3v) is 4.13. The van der Waals surface area contributed by atoms with Crippen LogP contribution in [0.15, 0.2) is 23.1 Å². The Morgan fingerprint density at radius 1 is 1.44 bits per heavy atom. The number of nitrogen functional groups attached to an aromatic ring is 1. The fourth-order valence-electron chi connectivity index (χ4n) is 1.77. The van der Waals surface area contributed by atoms with E-state index >= 15 is 0 Å². The molecule has 0 amide bonds. The number of ether oxygens (including phenoxy) is 1. The molecule has 1 aliphatic heterocycles. The molecule has 1 fully saturated rings. The van der Waals surface area contributed by atoms with Gasteiger partial charge in [0.05, 0.1) is 6.10 Å². The number of hydrogen-bond donors (Lipinski definition) is 1. The Kier molecular flexibility index (Phi) is 4.38. The quantitative estimate of drug-likeness (QED) is 0.664. The van der Waals surface area contributed by atoms with Gasteiger partial charge < -0.3 is 10.5 Å². The predicted octanol–water partition coefficient (Wildman–Crippen LogP) is 3.58. The average Bonchev–Trinajstić information content (AvgIpc) is 2.29. The Morgan fingerprint density at radius 3 is 3.00 bits per heavy atom. The van der Waals surface area contributed by atoms with Crippen molar-refractivity contribution in [3.05, 3.63) is 23.2 Å². The Hall–Kier alpha value is -0.380. The monoisotopic (exact) mass is 257 g/mol. The zero-order valence-electron chi connectivity index (χ0n) is 9.12. The van der Waals surface area contributed by atoms with Gasteiger partial charge in [0.15, 0.2) is 0 Å². The van der Waals surface area contributed by atoms with Crippen LogP contribution in [0.3, 0.4) is 0 Å². The van der Waals surface area contributed by atoms with Crippen molar-refractivity contribution in [1.82, 2.24) is 0 Å². The molecule has 88 valence electrons. The van der Waals surface area contributed by atoms with Gasteiger partial charge in [-0.3, -0.25) is 0 Å². The summed E-state index contributed by atoms with van der Waals surface area (Å²) in [7, 11) is 0. The SMILES string of the molecule is Nc1cc(Cl)ccc1SCC1CCCCO1. The zero-order chi connectivity index (χ0) is 11.4. The summed E-state index contributed by atoms with van der Waals surface area (Å²) >= 11 is 7.61. The first-order chi connectivity index (χ1) is 7.75. The molecule has 16 heavy (non-hydrogen) atoms. The van der Waals surface area contributed by atoms with Crippen molar-refractivity contribution in [1.29, 1.82) is 0 Å². The van der Waals surface area contributed by atoms with Gasteiger partial charge in [-0.25, -0.2) is 0 Å². The third-order valence-electron chi connectivity index (χ3n) is 2.67. The standard InChI is InChI=1S/C12H16ClNOS/c13-9-4-5-12(11(14)7-9)16-8-10-3-1-2-6-15-10/h4-5,7,10H,1-3,6,8,14H2. The average molecular weight is 258 g/mol. The minimum atomic E-state index is 0.383. The second-order valence-electron chi connectivity index (χ2n) is 3.98. The summed E-state index contributed by atoms with van der Waals surface area (Å²) in [6.45, 7) is 0.904. The van der Waals surface area contributed by atoms with Crippen LogP contribution in [-0.2, 0) is 4.74 Å². The molecule has 0 radical (unpaired) electrons. The summed E-state index contributed by atoms with van der Waals surface area (Å²) in [5.41, 5.74) is 6.65. The fourth-order valence-corrected chi connectivity index (χ4v) is 2.97. The molecule has 0 aromatic heterocycles. The summed E-state index contributed by atoms with van der Waals surface area (Å²) in [6.07, 6.45) is 4.03. The van der Waals surface area contributed by atoms with Crippen LogP contribution in [0.25, 0.3) is 0 Å². The van der Waals surface area contributed by atoms with Gasteiger partial charge in [0.2, 0.25) is 0 Å². The van der Waals surface area contributed by atoms with Gasteiger partial charge in [-0.1, -0.05) is 11.6 Å². The predicted molar refractivity (Wildman–Crippen MR) is 70.2 cm³/mol. The molecule has 0 saturated carbocycles. The molecule has 4 heteroatoms. The van der Waals surface area contributed by atoms with Crippen molar-refractivity contribution in [2.45, 2.75) is 30.3 Å². The first-order valence-electron chi connectivity index (χ1n) is 5.55. The van der Waals surface area contributed by atoms with Crippen molar-refractivity contribution in [3.63, 3.8) is 0 Å². The lowest BCUT2D eigenvalue weighted by Gasteiger charge is -2.22. The molecule has 2 N–H and O–H groups in total. The van der Waals surface area contributed by atoms with E-state index in [-0.39, 0.29) is 0 Å². The smallest absolute Gasteiger partial charge is 0.0669 e. The number of thioether (sulfide) groups is 1. The van der Waals surface area contributed by atoms with Crippen molar-refractivity contribution in [2.75, 3.05) is 18.1 Å². The van der Waals surface area contributed by atoms with Crippen molar-refractivity contribution < 1.29 is 4.74 Å². The van der Waals surface area contributed by atoms with E-state index in [2.05, 4.69) is 0 Å². The van der Waals surface area contributed by atoms with Crippen LogP contribution in [0.2, 0.25) is 5.02 Å². The van der Waals surface area contributed by atoms with E-state index in [1.807, 2.05) is 12.1 Å². The molecule has 1 aromatic carbocycles. The largest absolute Gasteiger partial charge is 0.398 e. The van der Waals surface area contributed by atoms with Gasteiger partial charge in [-0.2, -0.15) is 0 Å². The van der Waals surface area contributed by atoms with Crippen LogP contribution in [-0.4, -0.2) is 18.5 Å². The lowest BCUT2D eigenvalue weighted by atomic mass is 10.1. The maximum absolute atomic E-state index is 5.89. The summed E-state index contributed by atoms with van der Waals surface area (Å²) in [4.78, 5) is 1.10. The molecule has 0 spiro atoms. The van der Waals surface area contributed by atoms with Crippen LogP contribution in [0.5, 0.6) is 0 Å². The van der Waals surface area contributed by atoms with E-state index in [0.717, 1.165) is 22.9 Å². The Balaban J connectivity index is 1.88. The van der Waals surface area contributed by atoms with E-state index in [1.54, 1.807) is 17.8 Å².